The fraction of sp³-hybridized carbons (Fsp3) is 0.286. The highest BCUT2D eigenvalue weighted by atomic mass is 16.7. The number of para-hydroxylation sites is 1. The largest absolute Gasteiger partial charge is 0.472 e. The molecule has 0 bridgehead atoms. The third-order valence-electron chi connectivity index (χ3n) is 3.30. The van der Waals surface area contributed by atoms with Crippen LogP contribution in [-0.2, 0) is 0 Å². The number of rotatable bonds is 3. The average molecular weight is 271 g/mol. The van der Waals surface area contributed by atoms with E-state index in [9.17, 15) is 0 Å². The maximum Gasteiger partial charge on any atom is 0.231 e. The third-order valence-corrected chi connectivity index (χ3v) is 3.30. The Morgan fingerprint density at radius 1 is 1.20 bits per heavy atom. The molecule has 1 N–H and O–H groups in total. The van der Waals surface area contributed by atoms with E-state index in [2.05, 4.69) is 15.3 Å². The van der Waals surface area contributed by atoms with Gasteiger partial charge in [-0.3, -0.25) is 0 Å². The normalized spacial score (nSPS) is 16.8. The number of ether oxygens (including phenoxy) is 3. The lowest BCUT2D eigenvalue weighted by Gasteiger charge is -2.27. The second-order valence-electron chi connectivity index (χ2n) is 4.66. The minimum Gasteiger partial charge on any atom is -0.472 e. The molecule has 3 heterocycles. The second-order valence-corrected chi connectivity index (χ2v) is 4.66. The van der Waals surface area contributed by atoms with E-state index in [0.717, 1.165) is 24.4 Å². The molecule has 6 nitrogen and oxygen atoms in total. The summed E-state index contributed by atoms with van der Waals surface area (Å²) in [6, 6.07) is 7.45. The van der Waals surface area contributed by atoms with Gasteiger partial charge in [-0.2, -0.15) is 4.98 Å². The lowest BCUT2D eigenvalue weighted by atomic mass is 10.1. The highest BCUT2D eigenvalue weighted by Crippen LogP contribution is 2.40. The van der Waals surface area contributed by atoms with Gasteiger partial charge >= 0.3 is 0 Å². The smallest absolute Gasteiger partial charge is 0.231 e. The molecule has 0 amide bonds. The molecule has 1 fully saturated rings. The van der Waals surface area contributed by atoms with Crippen molar-refractivity contribution < 1.29 is 14.2 Å². The van der Waals surface area contributed by atoms with E-state index < -0.39 is 0 Å². The Labute approximate surface area is 115 Å². The van der Waals surface area contributed by atoms with Crippen LogP contribution in [0.15, 0.2) is 30.5 Å². The van der Waals surface area contributed by atoms with Crippen molar-refractivity contribution in [2.75, 3.05) is 19.9 Å². The number of hydrogen-bond acceptors (Lipinski definition) is 6. The summed E-state index contributed by atoms with van der Waals surface area (Å²) in [7, 11) is 0. The maximum atomic E-state index is 5.75. The summed E-state index contributed by atoms with van der Waals surface area (Å²) in [5, 5.41) is 3.16. The fourth-order valence-corrected chi connectivity index (χ4v) is 2.16. The molecule has 20 heavy (non-hydrogen) atoms. The highest BCUT2D eigenvalue weighted by molar-refractivity contribution is 5.69. The van der Waals surface area contributed by atoms with E-state index in [1.807, 2.05) is 18.2 Å². The topological polar surface area (TPSA) is 65.5 Å². The molecule has 1 saturated heterocycles. The van der Waals surface area contributed by atoms with Crippen LogP contribution in [0.4, 0.5) is 0 Å². The van der Waals surface area contributed by atoms with Crippen molar-refractivity contribution in [2.45, 2.75) is 6.10 Å². The van der Waals surface area contributed by atoms with E-state index in [0.29, 0.717) is 17.5 Å². The van der Waals surface area contributed by atoms with Crippen LogP contribution in [-0.4, -0.2) is 36.0 Å². The molecular weight excluding hydrogens is 258 g/mol. The maximum absolute atomic E-state index is 5.75. The standard InChI is InChI=1S/C14H13N3O3/c1-2-10(13-11(3-1)18-8-19-13)14-16-5-4-12(17-14)20-9-6-15-7-9/h1-5,9,15H,6-8H2. The van der Waals surface area contributed by atoms with Gasteiger partial charge in [-0.05, 0) is 12.1 Å². The Bertz CT molecular complexity index is 643. The first-order valence-corrected chi connectivity index (χ1v) is 6.49. The Kier molecular flexibility index (Phi) is 2.67. The van der Waals surface area contributed by atoms with Gasteiger partial charge in [0.05, 0.1) is 5.56 Å². The Morgan fingerprint density at radius 3 is 3.00 bits per heavy atom. The van der Waals surface area contributed by atoms with Crippen LogP contribution >= 0.6 is 0 Å². The summed E-state index contributed by atoms with van der Waals surface area (Å²) in [5.41, 5.74) is 0.817. The molecule has 2 aromatic rings. The quantitative estimate of drug-likeness (QED) is 0.905. The fourth-order valence-electron chi connectivity index (χ4n) is 2.16. The van der Waals surface area contributed by atoms with Gasteiger partial charge in [0, 0.05) is 25.4 Å². The number of fused-ring (bicyclic) bond motifs is 1. The molecule has 102 valence electrons. The van der Waals surface area contributed by atoms with Crippen LogP contribution < -0.4 is 19.5 Å². The monoisotopic (exact) mass is 271 g/mol. The first kappa shape index (κ1) is 11.5. The summed E-state index contributed by atoms with van der Waals surface area (Å²) in [6.07, 6.45) is 1.89. The molecule has 0 atom stereocenters. The van der Waals surface area contributed by atoms with Crippen molar-refractivity contribution in [3.63, 3.8) is 0 Å². The van der Waals surface area contributed by atoms with Crippen LogP contribution in [0.3, 0.4) is 0 Å². The van der Waals surface area contributed by atoms with Gasteiger partial charge < -0.3 is 19.5 Å². The Morgan fingerprint density at radius 2 is 2.15 bits per heavy atom. The predicted octanol–water partition coefficient (Wildman–Crippen LogP) is 1.22. The molecule has 0 saturated carbocycles. The molecule has 0 aliphatic carbocycles. The molecule has 0 radical (unpaired) electrons. The number of hydrogen-bond donors (Lipinski definition) is 1. The van der Waals surface area contributed by atoms with Crippen molar-refractivity contribution in [1.82, 2.24) is 15.3 Å². The predicted molar refractivity (Wildman–Crippen MR) is 70.9 cm³/mol. The second kappa shape index (κ2) is 4.64. The zero-order valence-electron chi connectivity index (χ0n) is 10.7. The Balaban J connectivity index is 1.68. The SMILES string of the molecule is c1cc2c(c(-c3nccc(OC4CNC4)n3)c1)OCO2. The van der Waals surface area contributed by atoms with Gasteiger partial charge in [-0.25, -0.2) is 4.98 Å². The molecule has 6 heteroatoms. The third kappa shape index (κ3) is 1.94. The molecular formula is C14H13N3O3. The van der Waals surface area contributed by atoms with E-state index >= 15 is 0 Å². The first-order valence-electron chi connectivity index (χ1n) is 6.49. The molecule has 0 spiro atoms. The van der Waals surface area contributed by atoms with E-state index in [4.69, 9.17) is 14.2 Å². The average Bonchev–Trinajstić information content (AvgIpc) is 2.91. The van der Waals surface area contributed by atoms with Crippen LogP contribution in [0.5, 0.6) is 17.4 Å². The van der Waals surface area contributed by atoms with Gasteiger partial charge in [-0.15, -0.1) is 0 Å². The number of benzene rings is 1. The minimum atomic E-state index is 0.193. The zero-order valence-corrected chi connectivity index (χ0v) is 10.7. The van der Waals surface area contributed by atoms with E-state index in [1.54, 1.807) is 12.3 Å². The summed E-state index contributed by atoms with van der Waals surface area (Å²) >= 11 is 0. The molecule has 1 aromatic carbocycles. The molecule has 1 aromatic heterocycles. The molecule has 0 unspecified atom stereocenters. The van der Waals surface area contributed by atoms with E-state index in [-0.39, 0.29) is 12.9 Å². The van der Waals surface area contributed by atoms with Gasteiger partial charge in [0.25, 0.3) is 0 Å². The number of aromatic nitrogens is 2. The molecule has 2 aliphatic heterocycles. The van der Waals surface area contributed by atoms with Crippen molar-refractivity contribution in [1.29, 1.82) is 0 Å². The summed E-state index contributed by atoms with van der Waals surface area (Å²) in [4.78, 5) is 8.74. The molecule has 2 aliphatic rings. The van der Waals surface area contributed by atoms with Gasteiger partial charge in [0.1, 0.15) is 6.10 Å². The van der Waals surface area contributed by atoms with Crippen molar-refractivity contribution >= 4 is 0 Å². The van der Waals surface area contributed by atoms with Crippen LogP contribution in [0, 0.1) is 0 Å². The van der Waals surface area contributed by atoms with E-state index in [1.165, 1.54) is 0 Å². The van der Waals surface area contributed by atoms with Gasteiger partial charge in [-0.1, -0.05) is 6.07 Å². The molecule has 4 rings (SSSR count). The van der Waals surface area contributed by atoms with Gasteiger partial charge in [0.2, 0.25) is 12.7 Å². The lowest BCUT2D eigenvalue weighted by molar-refractivity contribution is 0.136. The summed E-state index contributed by atoms with van der Waals surface area (Å²) < 4.78 is 16.6. The number of nitrogens with one attached hydrogen (secondary N) is 1. The van der Waals surface area contributed by atoms with Gasteiger partial charge in [0.15, 0.2) is 17.3 Å². The highest BCUT2D eigenvalue weighted by Gasteiger charge is 2.22. The Hall–Kier alpha value is -2.34. The zero-order chi connectivity index (χ0) is 13.4. The first-order chi connectivity index (χ1) is 9.90. The van der Waals surface area contributed by atoms with Crippen molar-refractivity contribution in [2.24, 2.45) is 0 Å². The lowest BCUT2D eigenvalue weighted by Crippen LogP contribution is -2.50. The summed E-state index contributed by atoms with van der Waals surface area (Å²) in [6.45, 7) is 1.95. The van der Waals surface area contributed by atoms with Crippen molar-refractivity contribution in [3.05, 3.63) is 30.5 Å². The van der Waals surface area contributed by atoms with Crippen LogP contribution in [0.1, 0.15) is 0 Å². The van der Waals surface area contributed by atoms with Crippen LogP contribution in [0.25, 0.3) is 11.4 Å². The summed E-state index contributed by atoms with van der Waals surface area (Å²) in [5.74, 6) is 2.57. The number of nitrogens with zero attached hydrogens (tertiary/aromatic N) is 2. The minimum absolute atomic E-state index is 0.193. The van der Waals surface area contributed by atoms with Crippen molar-refractivity contribution in [3.8, 4) is 28.8 Å². The van der Waals surface area contributed by atoms with Crippen LogP contribution in [0.2, 0.25) is 0 Å².